The Balaban J connectivity index is 1.26. The van der Waals surface area contributed by atoms with Crippen molar-refractivity contribution in [2.75, 3.05) is 11.1 Å². The number of imidazole rings is 1. The summed E-state index contributed by atoms with van der Waals surface area (Å²) in [6.07, 6.45) is 8.92. The number of hydrogen-bond donors (Lipinski definition) is 2. The van der Waals surface area contributed by atoms with Crippen LogP contribution in [0.1, 0.15) is 102 Å². The predicted octanol–water partition coefficient (Wildman–Crippen LogP) is 8.66. The van der Waals surface area contributed by atoms with Gasteiger partial charge in [0.15, 0.2) is 5.16 Å². The highest BCUT2D eigenvalue weighted by Crippen LogP contribution is 2.32. The molecule has 0 fully saturated rings. The molecule has 0 aliphatic rings. The number of benzene rings is 2. The first kappa shape index (κ1) is 26.3. The van der Waals surface area contributed by atoms with Crippen LogP contribution >= 0.6 is 11.8 Å². The van der Waals surface area contributed by atoms with Crippen molar-refractivity contribution in [3.8, 4) is 0 Å². The Hall–Kier alpha value is -2.27. The van der Waals surface area contributed by atoms with E-state index in [0.717, 1.165) is 40.5 Å². The first-order valence-electron chi connectivity index (χ1n) is 13.0. The van der Waals surface area contributed by atoms with Gasteiger partial charge >= 0.3 is 0 Å². The highest BCUT2D eigenvalue weighted by atomic mass is 32.2. The second kappa shape index (κ2) is 13.6. The van der Waals surface area contributed by atoms with Gasteiger partial charge in [-0.1, -0.05) is 102 Å². The van der Waals surface area contributed by atoms with Gasteiger partial charge in [0.05, 0.1) is 11.0 Å². The van der Waals surface area contributed by atoms with E-state index in [1.54, 1.807) is 0 Å². The highest BCUT2D eigenvalue weighted by Gasteiger charge is 2.15. The number of nitrogens with one attached hydrogen (secondary N) is 2. The molecule has 0 saturated heterocycles. The lowest BCUT2D eigenvalue weighted by atomic mass is 9.92. The molecule has 0 saturated carbocycles. The molecule has 4 nitrogen and oxygen atoms in total. The Labute approximate surface area is 209 Å². The van der Waals surface area contributed by atoms with Crippen molar-refractivity contribution in [2.45, 2.75) is 96.1 Å². The molecule has 0 aliphatic heterocycles. The van der Waals surface area contributed by atoms with Crippen LogP contribution in [0.4, 0.5) is 5.69 Å². The molecule has 3 aromatic rings. The second-order valence-corrected chi connectivity index (χ2v) is 10.9. The number of H-pyrrole nitrogens is 1. The summed E-state index contributed by atoms with van der Waals surface area (Å²) in [6, 6.07) is 14.6. The maximum atomic E-state index is 12.6. The van der Waals surface area contributed by atoms with Gasteiger partial charge in [0, 0.05) is 17.9 Å². The molecule has 5 heteroatoms. The molecule has 0 spiro atoms. The number of carbonyl (C=O) groups is 1. The second-order valence-electron chi connectivity index (χ2n) is 9.80. The molecule has 1 heterocycles. The summed E-state index contributed by atoms with van der Waals surface area (Å²) < 4.78 is 0. The fraction of sp³-hybridized carbons (Fsp3) is 0.517. The van der Waals surface area contributed by atoms with Gasteiger partial charge in [-0.25, -0.2) is 4.98 Å². The Morgan fingerprint density at radius 3 is 2.12 bits per heavy atom. The number of carbonyl (C=O) groups excluding carboxylic acids is 1. The summed E-state index contributed by atoms with van der Waals surface area (Å²) in [5.41, 5.74) is 5.67. The average Bonchev–Trinajstić information content (AvgIpc) is 3.23. The molecule has 3 rings (SSSR count). The summed E-state index contributed by atoms with van der Waals surface area (Å²) in [4.78, 5) is 20.6. The minimum Gasteiger partial charge on any atom is -0.333 e. The number of hydrogen-bond acceptors (Lipinski definition) is 3. The summed E-state index contributed by atoms with van der Waals surface area (Å²) in [5, 5.41) is 4.26. The number of unbranched alkanes of at least 4 members (excludes halogenated alkanes) is 6. The summed E-state index contributed by atoms with van der Waals surface area (Å²) in [5.74, 6) is 2.05. The molecule has 1 amide bonds. The zero-order valence-electron chi connectivity index (χ0n) is 21.3. The molecule has 0 atom stereocenters. The summed E-state index contributed by atoms with van der Waals surface area (Å²) in [7, 11) is 0. The van der Waals surface area contributed by atoms with Crippen molar-refractivity contribution >= 4 is 34.4 Å². The van der Waals surface area contributed by atoms with Crippen LogP contribution in [0.2, 0.25) is 0 Å². The Kier molecular flexibility index (Phi) is 10.5. The average molecular weight is 480 g/mol. The van der Waals surface area contributed by atoms with Crippen LogP contribution in [-0.2, 0) is 4.79 Å². The van der Waals surface area contributed by atoms with E-state index in [1.807, 2.05) is 30.0 Å². The molecule has 0 bridgehead atoms. The summed E-state index contributed by atoms with van der Waals surface area (Å²) in [6.45, 7) is 8.75. The number of rotatable bonds is 14. The van der Waals surface area contributed by atoms with Crippen LogP contribution in [-0.4, -0.2) is 21.6 Å². The molecule has 0 aliphatic carbocycles. The van der Waals surface area contributed by atoms with Crippen molar-refractivity contribution in [1.82, 2.24) is 9.97 Å². The molecule has 0 unspecified atom stereocenters. The molecule has 2 N–H and O–H groups in total. The number of thioether (sulfide) groups is 1. The Morgan fingerprint density at radius 2 is 1.47 bits per heavy atom. The van der Waals surface area contributed by atoms with Gasteiger partial charge in [0.1, 0.15) is 0 Å². The third-order valence-electron chi connectivity index (χ3n) is 6.29. The number of aromatic amines is 1. The van der Waals surface area contributed by atoms with Crippen LogP contribution in [0.3, 0.4) is 0 Å². The largest absolute Gasteiger partial charge is 0.333 e. The zero-order chi connectivity index (χ0) is 24.3. The third kappa shape index (κ3) is 7.90. The van der Waals surface area contributed by atoms with E-state index in [4.69, 9.17) is 0 Å². The fourth-order valence-corrected chi connectivity index (χ4v) is 5.22. The molecular weight excluding hydrogens is 438 g/mol. The van der Waals surface area contributed by atoms with Crippen LogP contribution in [0.15, 0.2) is 47.6 Å². The number of fused-ring (bicyclic) bond motifs is 1. The van der Waals surface area contributed by atoms with E-state index in [-0.39, 0.29) is 5.91 Å². The minimum absolute atomic E-state index is 0.151. The van der Waals surface area contributed by atoms with Crippen molar-refractivity contribution < 1.29 is 4.79 Å². The molecule has 0 radical (unpaired) electrons. The quantitative estimate of drug-likeness (QED) is 0.180. The van der Waals surface area contributed by atoms with Gasteiger partial charge in [-0.15, -0.1) is 0 Å². The van der Waals surface area contributed by atoms with Gasteiger partial charge in [-0.3, -0.25) is 4.79 Å². The first-order valence-corrected chi connectivity index (χ1v) is 13.9. The van der Waals surface area contributed by atoms with E-state index in [2.05, 4.69) is 67.2 Å². The third-order valence-corrected chi connectivity index (χ3v) is 7.25. The van der Waals surface area contributed by atoms with Crippen LogP contribution in [0.25, 0.3) is 11.0 Å². The molecule has 34 heavy (non-hydrogen) atoms. The Bertz CT molecular complexity index is 982. The Morgan fingerprint density at radius 1 is 0.853 bits per heavy atom. The monoisotopic (exact) mass is 479 g/mol. The predicted molar refractivity (Wildman–Crippen MR) is 147 cm³/mol. The van der Waals surface area contributed by atoms with Crippen molar-refractivity contribution in [1.29, 1.82) is 0 Å². The maximum absolute atomic E-state index is 12.6. The van der Waals surface area contributed by atoms with Crippen LogP contribution in [0.5, 0.6) is 0 Å². The highest BCUT2D eigenvalue weighted by molar-refractivity contribution is 7.99. The van der Waals surface area contributed by atoms with Gasteiger partial charge in [-0.2, -0.15) is 0 Å². The summed E-state index contributed by atoms with van der Waals surface area (Å²) >= 11 is 1.82. The number of para-hydroxylation sites is 3. The SMILES string of the molecule is CC(C)c1cccc(C(C)C)c1NC(=O)CCCCCCCCCSc1nc2ccccc2[nH]1. The minimum atomic E-state index is 0.151. The van der Waals surface area contributed by atoms with Crippen LogP contribution in [0, 0.1) is 0 Å². The van der Waals surface area contributed by atoms with E-state index in [9.17, 15) is 4.79 Å². The van der Waals surface area contributed by atoms with Crippen molar-refractivity contribution in [3.63, 3.8) is 0 Å². The van der Waals surface area contributed by atoms with E-state index in [0.29, 0.717) is 18.3 Å². The standard InChI is InChI=1S/C29H41N3OS/c1-21(2)23-15-14-16-24(22(3)4)28(23)32-27(33)19-10-8-6-5-7-9-13-20-34-29-30-25-17-11-12-18-26(25)31-29/h11-12,14-18,21-22H,5-10,13,19-20H2,1-4H3,(H,30,31)(H,32,33). The van der Waals surface area contributed by atoms with Crippen molar-refractivity contribution in [3.05, 3.63) is 53.6 Å². The maximum Gasteiger partial charge on any atom is 0.224 e. The zero-order valence-corrected chi connectivity index (χ0v) is 22.1. The first-order chi connectivity index (χ1) is 16.5. The molecular formula is C29H41N3OS. The van der Waals surface area contributed by atoms with Gasteiger partial charge in [-0.05, 0) is 47.9 Å². The number of anilines is 1. The van der Waals surface area contributed by atoms with Gasteiger partial charge in [0.25, 0.3) is 0 Å². The van der Waals surface area contributed by atoms with Gasteiger partial charge in [0.2, 0.25) is 5.91 Å². The number of nitrogens with zero attached hydrogens (tertiary/aromatic N) is 1. The van der Waals surface area contributed by atoms with Gasteiger partial charge < -0.3 is 10.3 Å². The van der Waals surface area contributed by atoms with E-state index >= 15 is 0 Å². The van der Waals surface area contributed by atoms with E-state index < -0.39 is 0 Å². The number of amides is 1. The molecule has 2 aromatic carbocycles. The van der Waals surface area contributed by atoms with Crippen molar-refractivity contribution in [2.24, 2.45) is 0 Å². The van der Waals surface area contributed by atoms with E-state index in [1.165, 1.54) is 43.2 Å². The number of aromatic nitrogens is 2. The lowest BCUT2D eigenvalue weighted by Gasteiger charge is -2.20. The fourth-order valence-electron chi connectivity index (χ4n) is 4.34. The lowest BCUT2D eigenvalue weighted by Crippen LogP contribution is -2.15. The lowest BCUT2D eigenvalue weighted by molar-refractivity contribution is -0.116. The normalized spacial score (nSPS) is 11.6. The topological polar surface area (TPSA) is 57.8 Å². The van der Waals surface area contributed by atoms with Crippen LogP contribution < -0.4 is 5.32 Å². The smallest absolute Gasteiger partial charge is 0.224 e. The molecule has 184 valence electrons. The molecule has 1 aromatic heterocycles.